The summed E-state index contributed by atoms with van der Waals surface area (Å²) in [5.41, 5.74) is 0.0277. The molecule has 2 rings (SSSR count). The summed E-state index contributed by atoms with van der Waals surface area (Å²) in [5, 5.41) is 19.8. The van der Waals surface area contributed by atoms with E-state index < -0.39 is 11.5 Å². The van der Waals surface area contributed by atoms with E-state index >= 15 is 0 Å². The van der Waals surface area contributed by atoms with Crippen LogP contribution in [0.2, 0.25) is 0 Å². The molecule has 3 heteroatoms. The van der Waals surface area contributed by atoms with Gasteiger partial charge in [-0.25, -0.2) is 0 Å². The quantitative estimate of drug-likeness (QED) is 0.869. The third kappa shape index (κ3) is 1.89. The van der Waals surface area contributed by atoms with Gasteiger partial charge in [0.25, 0.3) is 0 Å². The first kappa shape index (κ1) is 11.9. The Kier molecular flexibility index (Phi) is 3.35. The molecule has 2 atom stereocenters. The van der Waals surface area contributed by atoms with Gasteiger partial charge in [0.2, 0.25) is 0 Å². The highest BCUT2D eigenvalue weighted by molar-refractivity contribution is 5.46. The van der Waals surface area contributed by atoms with Crippen LogP contribution >= 0.6 is 0 Å². The average molecular weight is 231 g/mol. The summed E-state index contributed by atoms with van der Waals surface area (Å²) in [6, 6.07) is 9.85. The summed E-state index contributed by atoms with van der Waals surface area (Å²) in [4.78, 5) is 0. The lowest BCUT2D eigenvalue weighted by Gasteiger charge is -2.36. The molecule has 1 aliphatic heterocycles. The smallest absolute Gasteiger partial charge is 0.124 e. The van der Waals surface area contributed by atoms with Crippen LogP contribution in [-0.4, -0.2) is 17.8 Å². The van der Waals surface area contributed by atoms with Crippen LogP contribution in [0.1, 0.15) is 31.7 Å². The maximum Gasteiger partial charge on any atom is 0.124 e. The number of hydrogen-bond acceptors (Lipinski definition) is 3. The van der Waals surface area contributed by atoms with Gasteiger partial charge in [-0.2, -0.15) is 5.26 Å². The minimum Gasteiger partial charge on any atom is -0.493 e. The third-order valence-electron chi connectivity index (χ3n) is 3.45. The van der Waals surface area contributed by atoms with Crippen LogP contribution < -0.4 is 4.74 Å². The number of ether oxygens (including phenoxy) is 1. The number of fused-ring (bicyclic) bond motifs is 1. The van der Waals surface area contributed by atoms with E-state index in [0.29, 0.717) is 19.4 Å². The maximum atomic E-state index is 10.3. The predicted octanol–water partition coefficient (Wildman–Crippen LogP) is 2.39. The first-order valence-corrected chi connectivity index (χ1v) is 6.06. The molecule has 1 heterocycles. The number of aliphatic hydroxyl groups excluding tert-OH is 1. The van der Waals surface area contributed by atoms with Crippen molar-refractivity contribution in [3.8, 4) is 11.8 Å². The van der Waals surface area contributed by atoms with Crippen LogP contribution in [-0.2, 0) is 5.41 Å². The highest BCUT2D eigenvalue weighted by Crippen LogP contribution is 2.41. The monoisotopic (exact) mass is 231 g/mol. The molecular weight excluding hydrogens is 214 g/mol. The number of aliphatic hydroxyl groups is 1. The van der Waals surface area contributed by atoms with Gasteiger partial charge in [0.05, 0.1) is 18.8 Å². The van der Waals surface area contributed by atoms with Crippen molar-refractivity contribution in [1.29, 1.82) is 5.26 Å². The van der Waals surface area contributed by atoms with E-state index in [2.05, 4.69) is 6.07 Å². The fraction of sp³-hybridized carbons (Fsp3) is 0.500. The number of nitriles is 1. The fourth-order valence-electron chi connectivity index (χ4n) is 2.47. The van der Waals surface area contributed by atoms with Gasteiger partial charge in [0.15, 0.2) is 0 Å². The molecule has 0 saturated carbocycles. The van der Waals surface area contributed by atoms with Gasteiger partial charge in [-0.3, -0.25) is 0 Å². The highest BCUT2D eigenvalue weighted by Gasteiger charge is 2.43. The van der Waals surface area contributed by atoms with Crippen molar-refractivity contribution >= 4 is 0 Å². The molecule has 1 aliphatic rings. The number of hydrogen-bond donors (Lipinski definition) is 1. The second-order valence-electron chi connectivity index (χ2n) is 4.48. The summed E-state index contributed by atoms with van der Waals surface area (Å²) in [5.74, 6) is 0.732. The van der Waals surface area contributed by atoms with Crippen LogP contribution in [0.5, 0.6) is 5.75 Å². The van der Waals surface area contributed by atoms with E-state index in [0.717, 1.165) is 17.7 Å². The Balaban J connectivity index is 2.46. The van der Waals surface area contributed by atoms with Crippen LogP contribution in [0.15, 0.2) is 24.3 Å². The zero-order valence-corrected chi connectivity index (χ0v) is 10.0. The van der Waals surface area contributed by atoms with Gasteiger partial charge < -0.3 is 9.84 Å². The SMILES string of the molecule is CCCC(O)C1(C#N)CCOc2ccccc21. The van der Waals surface area contributed by atoms with Crippen molar-refractivity contribution in [2.24, 2.45) is 0 Å². The molecular formula is C14H17NO2. The van der Waals surface area contributed by atoms with Gasteiger partial charge >= 0.3 is 0 Å². The molecule has 1 aromatic rings. The molecule has 0 amide bonds. The molecule has 0 aliphatic carbocycles. The van der Waals surface area contributed by atoms with E-state index in [9.17, 15) is 10.4 Å². The third-order valence-corrected chi connectivity index (χ3v) is 3.45. The summed E-state index contributed by atoms with van der Waals surface area (Å²) in [6.45, 7) is 2.50. The standard InChI is InChI=1S/C14H17NO2/c1-2-5-13(16)14(10-15)8-9-17-12-7-4-3-6-11(12)14/h3-4,6-7,13,16H,2,5,8-9H2,1H3. The van der Waals surface area contributed by atoms with E-state index in [-0.39, 0.29) is 0 Å². The Morgan fingerprint density at radius 1 is 1.53 bits per heavy atom. The largest absolute Gasteiger partial charge is 0.493 e. The van der Waals surface area contributed by atoms with E-state index in [1.165, 1.54) is 0 Å². The Labute approximate surface area is 102 Å². The molecule has 17 heavy (non-hydrogen) atoms. The summed E-state index contributed by atoms with van der Waals surface area (Å²) >= 11 is 0. The molecule has 0 fully saturated rings. The van der Waals surface area contributed by atoms with E-state index in [1.54, 1.807) is 0 Å². The fourth-order valence-corrected chi connectivity index (χ4v) is 2.47. The number of rotatable bonds is 3. The van der Waals surface area contributed by atoms with Crippen LogP contribution in [0.25, 0.3) is 0 Å². The normalized spacial score (nSPS) is 24.3. The number of benzene rings is 1. The maximum absolute atomic E-state index is 10.3. The molecule has 90 valence electrons. The molecule has 0 radical (unpaired) electrons. The molecule has 0 saturated heterocycles. The van der Waals surface area contributed by atoms with Gasteiger partial charge in [-0.15, -0.1) is 0 Å². The summed E-state index contributed by atoms with van der Waals surface area (Å²) in [7, 11) is 0. The minimum absolute atomic E-state index is 0.491. The van der Waals surface area contributed by atoms with Gasteiger partial charge in [-0.05, 0) is 12.5 Å². The summed E-state index contributed by atoms with van der Waals surface area (Å²) in [6.07, 6.45) is 1.44. The summed E-state index contributed by atoms with van der Waals surface area (Å²) < 4.78 is 5.55. The highest BCUT2D eigenvalue weighted by atomic mass is 16.5. The van der Waals surface area contributed by atoms with Gasteiger partial charge in [-0.1, -0.05) is 31.5 Å². The second-order valence-corrected chi connectivity index (χ2v) is 4.48. The van der Waals surface area contributed by atoms with Gasteiger partial charge in [0, 0.05) is 12.0 Å². The van der Waals surface area contributed by atoms with Crippen LogP contribution in [0.3, 0.4) is 0 Å². The minimum atomic E-state index is -0.801. The van der Waals surface area contributed by atoms with E-state index in [4.69, 9.17) is 4.74 Å². The Morgan fingerprint density at radius 2 is 2.29 bits per heavy atom. The molecule has 2 unspecified atom stereocenters. The molecule has 0 spiro atoms. The van der Waals surface area contributed by atoms with Crippen molar-refractivity contribution < 1.29 is 9.84 Å². The topological polar surface area (TPSA) is 53.2 Å². The number of nitrogens with zero attached hydrogens (tertiary/aromatic N) is 1. The van der Waals surface area contributed by atoms with Crippen molar-refractivity contribution in [1.82, 2.24) is 0 Å². The lowest BCUT2D eigenvalue weighted by Crippen LogP contribution is -2.42. The molecule has 0 bridgehead atoms. The molecule has 1 aromatic carbocycles. The lowest BCUT2D eigenvalue weighted by molar-refractivity contribution is 0.0732. The Morgan fingerprint density at radius 3 is 3.00 bits per heavy atom. The molecule has 0 aromatic heterocycles. The van der Waals surface area contributed by atoms with Crippen molar-refractivity contribution in [3.05, 3.63) is 29.8 Å². The average Bonchev–Trinajstić information content (AvgIpc) is 2.38. The van der Waals surface area contributed by atoms with Crippen LogP contribution in [0, 0.1) is 11.3 Å². The van der Waals surface area contributed by atoms with E-state index in [1.807, 2.05) is 31.2 Å². The van der Waals surface area contributed by atoms with Crippen LogP contribution in [0.4, 0.5) is 0 Å². The lowest BCUT2D eigenvalue weighted by atomic mass is 9.71. The zero-order chi connectivity index (χ0) is 12.3. The molecule has 1 N–H and O–H groups in total. The van der Waals surface area contributed by atoms with Crippen molar-refractivity contribution in [2.75, 3.05) is 6.61 Å². The first-order chi connectivity index (χ1) is 8.24. The van der Waals surface area contributed by atoms with Crippen molar-refractivity contribution in [3.63, 3.8) is 0 Å². The predicted molar refractivity (Wildman–Crippen MR) is 64.8 cm³/mol. The Bertz CT molecular complexity index is 438. The van der Waals surface area contributed by atoms with Gasteiger partial charge in [0.1, 0.15) is 11.2 Å². The Hall–Kier alpha value is -1.53. The zero-order valence-electron chi connectivity index (χ0n) is 10.0. The molecule has 3 nitrogen and oxygen atoms in total. The second kappa shape index (κ2) is 4.77. The number of para-hydroxylation sites is 1. The van der Waals surface area contributed by atoms with Crippen molar-refractivity contribution in [2.45, 2.75) is 37.7 Å². The first-order valence-electron chi connectivity index (χ1n) is 6.06.